The van der Waals surface area contributed by atoms with Crippen molar-refractivity contribution in [2.45, 2.75) is 25.7 Å². The average Bonchev–Trinajstić information content (AvgIpc) is 3.50. The van der Waals surface area contributed by atoms with Gasteiger partial charge in [-0.25, -0.2) is 13.8 Å². The molecule has 1 aliphatic rings. The monoisotopic (exact) mass is 452 g/mol. The van der Waals surface area contributed by atoms with Crippen molar-refractivity contribution in [2.75, 3.05) is 16.4 Å². The topological polar surface area (TPSA) is 106 Å². The van der Waals surface area contributed by atoms with Crippen LogP contribution in [-0.4, -0.2) is 16.8 Å². The van der Waals surface area contributed by atoms with Crippen LogP contribution in [0, 0.1) is 17.0 Å². The molecule has 9 heteroatoms. The molecule has 0 atom stereocenters. The fraction of sp³-hybridized carbons (Fsp3) is 0.208. The summed E-state index contributed by atoms with van der Waals surface area (Å²) in [5.74, 6) is -1.02. The minimum absolute atomic E-state index is 0.0188. The summed E-state index contributed by atoms with van der Waals surface area (Å²) in [6.45, 7) is 0. The van der Waals surface area contributed by atoms with Gasteiger partial charge in [-0.3, -0.25) is 9.59 Å². The Kier molecular flexibility index (Phi) is 6.21. The molecule has 2 amide bonds. The Labute approximate surface area is 189 Å². The van der Waals surface area contributed by atoms with Crippen LogP contribution in [0.2, 0.25) is 0 Å². The van der Waals surface area contributed by atoms with Gasteiger partial charge in [-0.1, -0.05) is 0 Å². The molecule has 0 saturated heterocycles. The second-order valence-electron chi connectivity index (χ2n) is 8.12. The van der Waals surface area contributed by atoms with Gasteiger partial charge >= 0.3 is 0 Å². The van der Waals surface area contributed by atoms with Gasteiger partial charge in [-0.2, -0.15) is 0 Å². The molecule has 0 spiro atoms. The Balaban J connectivity index is 1.31. The number of rotatable bonds is 8. The van der Waals surface area contributed by atoms with E-state index in [1.165, 1.54) is 54.7 Å². The predicted molar refractivity (Wildman–Crippen MR) is 120 cm³/mol. The van der Waals surface area contributed by atoms with Gasteiger partial charge in [0, 0.05) is 42.5 Å². The van der Waals surface area contributed by atoms with Gasteiger partial charge < -0.3 is 21.1 Å². The number of carbonyl (C=O) groups is 2. The molecule has 0 unspecified atom stereocenters. The van der Waals surface area contributed by atoms with Crippen LogP contribution in [0.15, 0.2) is 60.8 Å². The molecule has 4 rings (SSSR count). The summed E-state index contributed by atoms with van der Waals surface area (Å²) in [5.41, 5.74) is 5.95. The highest BCUT2D eigenvalue weighted by atomic mass is 19.1. The van der Waals surface area contributed by atoms with Crippen LogP contribution >= 0.6 is 0 Å². The molecule has 1 saturated carbocycles. The Bertz CT molecular complexity index is 1180. The van der Waals surface area contributed by atoms with E-state index in [1.54, 1.807) is 6.07 Å². The van der Waals surface area contributed by atoms with Gasteiger partial charge in [-0.05, 0) is 60.7 Å². The highest BCUT2D eigenvalue weighted by Crippen LogP contribution is 2.52. The first kappa shape index (κ1) is 22.2. The summed E-state index contributed by atoms with van der Waals surface area (Å²) >= 11 is 0. The number of pyridine rings is 1. The molecule has 0 aliphatic heterocycles. The van der Waals surface area contributed by atoms with Gasteiger partial charge in [0.15, 0.2) is 11.6 Å². The highest BCUT2D eigenvalue weighted by Gasteiger charge is 2.45. The fourth-order valence-corrected chi connectivity index (χ4v) is 3.50. The zero-order valence-corrected chi connectivity index (χ0v) is 17.6. The number of nitrogen functional groups attached to an aromatic ring is 1. The van der Waals surface area contributed by atoms with E-state index in [9.17, 15) is 18.4 Å². The highest BCUT2D eigenvalue weighted by molar-refractivity contribution is 5.94. The molecule has 2 aromatic carbocycles. The van der Waals surface area contributed by atoms with E-state index in [-0.39, 0.29) is 47.7 Å². The molecule has 33 heavy (non-hydrogen) atoms. The first-order chi connectivity index (χ1) is 15.8. The van der Waals surface area contributed by atoms with Crippen molar-refractivity contribution in [3.8, 4) is 11.5 Å². The summed E-state index contributed by atoms with van der Waals surface area (Å²) in [5, 5.41) is 5.38. The molecular formula is C24H22F2N4O3. The van der Waals surface area contributed by atoms with Crippen LogP contribution in [0.3, 0.4) is 0 Å². The lowest BCUT2D eigenvalue weighted by Crippen LogP contribution is -2.22. The Morgan fingerprint density at radius 3 is 2.18 bits per heavy atom. The molecule has 170 valence electrons. The van der Waals surface area contributed by atoms with Crippen molar-refractivity contribution in [1.82, 2.24) is 4.98 Å². The number of ether oxygens (including phenoxy) is 1. The van der Waals surface area contributed by atoms with E-state index in [1.807, 2.05) is 0 Å². The van der Waals surface area contributed by atoms with E-state index >= 15 is 0 Å². The summed E-state index contributed by atoms with van der Waals surface area (Å²) in [4.78, 5) is 28.7. The average molecular weight is 452 g/mol. The summed E-state index contributed by atoms with van der Waals surface area (Å²) in [7, 11) is 0. The number of amides is 2. The van der Waals surface area contributed by atoms with E-state index < -0.39 is 11.2 Å². The van der Waals surface area contributed by atoms with Crippen molar-refractivity contribution in [1.29, 1.82) is 0 Å². The summed E-state index contributed by atoms with van der Waals surface area (Å²) in [6.07, 6.45) is 3.25. The largest absolute Gasteiger partial charge is 0.454 e. The number of aromatic nitrogens is 1. The Morgan fingerprint density at radius 2 is 1.58 bits per heavy atom. The van der Waals surface area contributed by atoms with E-state index in [0.717, 1.165) is 12.8 Å². The van der Waals surface area contributed by atoms with Crippen LogP contribution in [0.5, 0.6) is 11.5 Å². The second kappa shape index (κ2) is 9.23. The number of hydrogen-bond acceptors (Lipinski definition) is 5. The Hall–Kier alpha value is -4.01. The third kappa shape index (κ3) is 6.03. The first-order valence-electron chi connectivity index (χ1n) is 10.3. The smallest absolute Gasteiger partial charge is 0.224 e. The normalized spacial score (nSPS) is 13.8. The number of benzene rings is 2. The quantitative estimate of drug-likeness (QED) is 0.452. The number of halogens is 2. The van der Waals surface area contributed by atoms with Crippen LogP contribution < -0.4 is 21.1 Å². The predicted octanol–water partition coefficient (Wildman–Crippen LogP) is 4.87. The van der Waals surface area contributed by atoms with Crippen molar-refractivity contribution in [2.24, 2.45) is 5.41 Å². The maximum absolute atomic E-state index is 14.4. The van der Waals surface area contributed by atoms with Crippen molar-refractivity contribution in [3.63, 3.8) is 0 Å². The first-order valence-corrected chi connectivity index (χ1v) is 10.3. The minimum atomic E-state index is -0.650. The lowest BCUT2D eigenvalue weighted by Gasteiger charge is -2.15. The fourth-order valence-electron chi connectivity index (χ4n) is 3.50. The molecule has 1 fully saturated rings. The third-order valence-corrected chi connectivity index (χ3v) is 5.35. The number of nitrogens with two attached hydrogens (primary N) is 1. The lowest BCUT2D eigenvalue weighted by molar-refractivity contribution is -0.119. The third-order valence-electron chi connectivity index (χ3n) is 5.35. The lowest BCUT2D eigenvalue weighted by atomic mass is 9.97. The maximum Gasteiger partial charge on any atom is 0.224 e. The second-order valence-corrected chi connectivity index (χ2v) is 8.12. The molecule has 0 radical (unpaired) electrons. The van der Waals surface area contributed by atoms with Crippen molar-refractivity contribution in [3.05, 3.63) is 72.4 Å². The molecule has 1 aliphatic carbocycles. The molecule has 1 heterocycles. The molecule has 0 bridgehead atoms. The number of carbonyl (C=O) groups excluding carboxylic acids is 2. The van der Waals surface area contributed by atoms with Gasteiger partial charge in [0.1, 0.15) is 17.4 Å². The van der Waals surface area contributed by atoms with Crippen molar-refractivity contribution >= 4 is 29.0 Å². The molecule has 4 N–H and O–H groups in total. The van der Waals surface area contributed by atoms with E-state index in [4.69, 9.17) is 10.5 Å². The Morgan fingerprint density at radius 1 is 0.939 bits per heavy atom. The van der Waals surface area contributed by atoms with Gasteiger partial charge in [0.2, 0.25) is 11.8 Å². The van der Waals surface area contributed by atoms with Crippen LogP contribution in [0.1, 0.15) is 25.7 Å². The molecular weight excluding hydrogens is 430 g/mol. The number of hydrogen-bond donors (Lipinski definition) is 3. The zero-order valence-electron chi connectivity index (χ0n) is 17.6. The minimum Gasteiger partial charge on any atom is -0.454 e. The van der Waals surface area contributed by atoms with Crippen LogP contribution in [0.25, 0.3) is 0 Å². The summed E-state index contributed by atoms with van der Waals surface area (Å²) < 4.78 is 32.9. The van der Waals surface area contributed by atoms with Gasteiger partial charge in [0.25, 0.3) is 0 Å². The molecule has 1 aromatic heterocycles. The van der Waals surface area contributed by atoms with Crippen LogP contribution in [0.4, 0.5) is 26.0 Å². The molecule has 7 nitrogen and oxygen atoms in total. The maximum atomic E-state index is 14.4. The van der Waals surface area contributed by atoms with Gasteiger partial charge in [-0.15, -0.1) is 0 Å². The van der Waals surface area contributed by atoms with Crippen molar-refractivity contribution < 1.29 is 23.1 Å². The van der Waals surface area contributed by atoms with Crippen LogP contribution in [-0.2, 0) is 9.59 Å². The van der Waals surface area contributed by atoms with Gasteiger partial charge in [0.05, 0.1) is 0 Å². The molecule has 3 aromatic rings. The summed E-state index contributed by atoms with van der Waals surface area (Å²) in [6, 6.07) is 12.6. The number of nitrogens with one attached hydrogen (secondary N) is 2. The SMILES string of the molecule is Nc1cc(Oc2ccc(NC(=O)CC3(CC(=O)Nc4ccc(F)cc4)CC3)cc2F)ccn1. The van der Waals surface area contributed by atoms with E-state index in [2.05, 4.69) is 15.6 Å². The zero-order chi connectivity index (χ0) is 23.4. The standard InChI is InChI=1S/C24H22F2N4O3/c25-15-1-3-16(4-2-15)29-22(31)13-24(8-9-24)14-23(32)30-17-5-6-20(19(26)11-17)33-18-7-10-28-21(27)12-18/h1-7,10-12H,8-9,13-14H2,(H2,27,28)(H,29,31)(H,30,32). The van der Waals surface area contributed by atoms with E-state index in [0.29, 0.717) is 11.4 Å². The number of nitrogens with zero attached hydrogens (tertiary/aromatic N) is 1. The number of anilines is 3.